The highest BCUT2D eigenvalue weighted by Crippen LogP contribution is 2.30. The molecule has 0 bridgehead atoms. The highest BCUT2D eigenvalue weighted by molar-refractivity contribution is 9.10. The first-order valence-electron chi connectivity index (χ1n) is 4.40. The Kier molecular flexibility index (Phi) is 3.40. The lowest BCUT2D eigenvalue weighted by molar-refractivity contribution is 0.413. The molecule has 16 heavy (non-hydrogen) atoms. The number of rotatable bonds is 3. The summed E-state index contributed by atoms with van der Waals surface area (Å²) in [6.45, 7) is 0. The van der Waals surface area contributed by atoms with E-state index in [-0.39, 0.29) is 5.82 Å². The summed E-state index contributed by atoms with van der Waals surface area (Å²) in [5, 5.41) is 5.64. The fourth-order valence-corrected chi connectivity index (χ4v) is 2.35. The van der Waals surface area contributed by atoms with Crippen molar-refractivity contribution in [3.63, 3.8) is 0 Å². The number of hydrogen-bond donors (Lipinski definition) is 1. The summed E-state index contributed by atoms with van der Waals surface area (Å²) in [5.41, 5.74) is 0.686. The van der Waals surface area contributed by atoms with E-state index in [0.29, 0.717) is 11.4 Å². The predicted octanol–water partition coefficient (Wildman–Crippen LogP) is 3.80. The Bertz CT molecular complexity index is 503. The van der Waals surface area contributed by atoms with Gasteiger partial charge in [-0.3, -0.25) is 0 Å². The van der Waals surface area contributed by atoms with Crippen LogP contribution in [0, 0.1) is 5.82 Å². The van der Waals surface area contributed by atoms with E-state index in [4.69, 9.17) is 4.74 Å². The normalized spacial score (nSPS) is 10.2. The average Bonchev–Trinajstić information content (AvgIpc) is 2.67. The number of benzene rings is 1. The van der Waals surface area contributed by atoms with Crippen LogP contribution in [0.1, 0.15) is 0 Å². The maximum atomic E-state index is 12.9. The third-order valence-electron chi connectivity index (χ3n) is 1.88. The smallest absolute Gasteiger partial charge is 0.188 e. The Balaban J connectivity index is 2.27. The average molecular weight is 303 g/mol. The van der Waals surface area contributed by atoms with Crippen molar-refractivity contribution in [1.82, 2.24) is 4.98 Å². The van der Waals surface area contributed by atoms with Crippen molar-refractivity contribution in [1.29, 1.82) is 0 Å². The maximum Gasteiger partial charge on any atom is 0.188 e. The highest BCUT2D eigenvalue weighted by Gasteiger charge is 2.06. The second-order valence-electron chi connectivity index (χ2n) is 2.94. The first kappa shape index (κ1) is 11.3. The lowest BCUT2D eigenvalue weighted by Crippen LogP contribution is -1.94. The molecule has 0 saturated carbocycles. The molecule has 0 spiro atoms. The van der Waals surface area contributed by atoms with Gasteiger partial charge in [-0.1, -0.05) is 0 Å². The lowest BCUT2D eigenvalue weighted by atomic mass is 10.3. The predicted molar refractivity (Wildman–Crippen MR) is 66.0 cm³/mol. The van der Waals surface area contributed by atoms with E-state index in [1.807, 2.05) is 5.38 Å². The summed E-state index contributed by atoms with van der Waals surface area (Å²) < 4.78 is 18.8. The van der Waals surface area contributed by atoms with Gasteiger partial charge in [0.2, 0.25) is 0 Å². The summed E-state index contributed by atoms with van der Waals surface area (Å²) in [7, 11) is 1.50. The van der Waals surface area contributed by atoms with Crippen LogP contribution in [0.15, 0.2) is 28.2 Å². The molecule has 1 aromatic carbocycles. The summed E-state index contributed by atoms with van der Waals surface area (Å²) in [6, 6.07) is 4.31. The minimum atomic E-state index is -0.331. The number of anilines is 2. The van der Waals surface area contributed by atoms with Crippen LogP contribution in [0.3, 0.4) is 0 Å². The van der Waals surface area contributed by atoms with Crippen LogP contribution in [-0.4, -0.2) is 12.1 Å². The molecule has 1 heterocycles. The molecule has 0 aliphatic carbocycles. The number of thiazole rings is 1. The molecule has 0 saturated heterocycles. The summed E-state index contributed by atoms with van der Waals surface area (Å²) >= 11 is 4.71. The van der Waals surface area contributed by atoms with E-state index in [2.05, 4.69) is 26.2 Å². The fourth-order valence-electron chi connectivity index (χ4n) is 1.20. The molecule has 1 aromatic heterocycles. The Morgan fingerprint density at radius 3 is 2.94 bits per heavy atom. The number of nitrogens with zero attached hydrogens (tertiary/aromatic N) is 1. The second kappa shape index (κ2) is 4.80. The second-order valence-corrected chi connectivity index (χ2v) is 4.62. The van der Waals surface area contributed by atoms with Crippen molar-refractivity contribution >= 4 is 38.1 Å². The van der Waals surface area contributed by atoms with Gasteiger partial charge >= 0.3 is 0 Å². The monoisotopic (exact) mass is 302 g/mol. The van der Waals surface area contributed by atoms with E-state index in [0.717, 1.165) is 9.73 Å². The Morgan fingerprint density at radius 2 is 2.31 bits per heavy atom. The molecule has 2 rings (SSSR count). The van der Waals surface area contributed by atoms with Crippen LogP contribution < -0.4 is 10.1 Å². The number of nitrogens with one attached hydrogen (secondary N) is 1. The molecule has 0 fully saturated rings. The Morgan fingerprint density at radius 1 is 1.50 bits per heavy atom. The quantitative estimate of drug-likeness (QED) is 0.936. The molecule has 6 heteroatoms. The van der Waals surface area contributed by atoms with E-state index >= 15 is 0 Å². The van der Waals surface area contributed by atoms with Crippen LogP contribution in [0.5, 0.6) is 5.75 Å². The first-order valence-corrected chi connectivity index (χ1v) is 6.08. The molecular weight excluding hydrogens is 295 g/mol. The van der Waals surface area contributed by atoms with Gasteiger partial charge in [0.25, 0.3) is 0 Å². The molecular formula is C10H8BrFN2OS. The molecule has 84 valence electrons. The van der Waals surface area contributed by atoms with Crippen molar-refractivity contribution in [2.24, 2.45) is 0 Å². The minimum absolute atomic E-state index is 0.331. The molecule has 0 radical (unpaired) electrons. The Labute approximate surface area is 104 Å². The fraction of sp³-hybridized carbons (Fsp3) is 0.100. The number of hydrogen-bond acceptors (Lipinski definition) is 4. The summed E-state index contributed by atoms with van der Waals surface area (Å²) in [6.07, 6.45) is 0. The molecule has 0 amide bonds. The number of halogens is 2. The van der Waals surface area contributed by atoms with Crippen LogP contribution in [-0.2, 0) is 0 Å². The standard InChI is InChI=1S/C10H8BrFN2OS/c1-15-8-4-6(12)2-3-7(8)13-10-14-9(11)5-16-10/h2-5H,1H3,(H,13,14). The molecule has 0 atom stereocenters. The van der Waals surface area contributed by atoms with Crippen molar-refractivity contribution in [3.05, 3.63) is 34.0 Å². The maximum absolute atomic E-state index is 12.9. The number of ether oxygens (including phenoxy) is 1. The lowest BCUT2D eigenvalue weighted by Gasteiger charge is -2.08. The molecule has 0 aliphatic heterocycles. The zero-order chi connectivity index (χ0) is 11.5. The summed E-state index contributed by atoms with van der Waals surface area (Å²) in [5.74, 6) is 0.119. The van der Waals surface area contributed by atoms with Crippen LogP contribution >= 0.6 is 27.3 Å². The van der Waals surface area contributed by atoms with Gasteiger partial charge in [0.1, 0.15) is 16.2 Å². The van der Waals surface area contributed by atoms with Gasteiger partial charge < -0.3 is 10.1 Å². The van der Waals surface area contributed by atoms with Gasteiger partial charge in [-0.15, -0.1) is 11.3 Å². The topological polar surface area (TPSA) is 34.1 Å². The zero-order valence-corrected chi connectivity index (χ0v) is 10.7. The van der Waals surface area contributed by atoms with Crippen LogP contribution in [0.2, 0.25) is 0 Å². The molecule has 1 N–H and O–H groups in total. The van der Waals surface area contributed by atoms with Gasteiger partial charge in [-0.25, -0.2) is 9.37 Å². The van der Waals surface area contributed by atoms with Crippen molar-refractivity contribution < 1.29 is 9.13 Å². The third kappa shape index (κ3) is 2.51. The third-order valence-corrected chi connectivity index (χ3v) is 3.35. The van der Waals surface area contributed by atoms with Crippen molar-refractivity contribution in [2.45, 2.75) is 0 Å². The van der Waals surface area contributed by atoms with Gasteiger partial charge in [0.05, 0.1) is 12.8 Å². The largest absolute Gasteiger partial charge is 0.494 e. The van der Waals surface area contributed by atoms with E-state index < -0.39 is 0 Å². The summed E-state index contributed by atoms with van der Waals surface area (Å²) in [4.78, 5) is 4.18. The first-order chi connectivity index (χ1) is 7.69. The van der Waals surface area contributed by atoms with Crippen LogP contribution in [0.25, 0.3) is 0 Å². The van der Waals surface area contributed by atoms with Crippen LogP contribution in [0.4, 0.5) is 15.2 Å². The SMILES string of the molecule is COc1cc(F)ccc1Nc1nc(Br)cs1. The highest BCUT2D eigenvalue weighted by atomic mass is 79.9. The van der Waals surface area contributed by atoms with Gasteiger partial charge in [0, 0.05) is 11.4 Å². The number of methoxy groups -OCH3 is 1. The van der Waals surface area contributed by atoms with Crippen molar-refractivity contribution in [3.8, 4) is 5.75 Å². The Hall–Kier alpha value is -1.14. The van der Waals surface area contributed by atoms with E-state index in [1.54, 1.807) is 6.07 Å². The molecule has 0 unspecified atom stereocenters. The van der Waals surface area contributed by atoms with E-state index in [9.17, 15) is 4.39 Å². The number of aromatic nitrogens is 1. The molecule has 3 nitrogen and oxygen atoms in total. The van der Waals surface area contributed by atoms with Gasteiger partial charge in [-0.05, 0) is 28.1 Å². The van der Waals surface area contributed by atoms with E-state index in [1.165, 1.54) is 30.6 Å². The van der Waals surface area contributed by atoms with Gasteiger partial charge in [0.15, 0.2) is 5.13 Å². The molecule has 2 aromatic rings. The molecule has 0 aliphatic rings. The van der Waals surface area contributed by atoms with Gasteiger partial charge in [-0.2, -0.15) is 0 Å². The zero-order valence-electron chi connectivity index (χ0n) is 8.33. The van der Waals surface area contributed by atoms with Crippen molar-refractivity contribution in [2.75, 3.05) is 12.4 Å². The minimum Gasteiger partial charge on any atom is -0.494 e.